The summed E-state index contributed by atoms with van der Waals surface area (Å²) >= 11 is 0. The molecule has 0 unspecified atom stereocenters. The maximum absolute atomic E-state index is 5.85. The Bertz CT molecular complexity index is 936. The van der Waals surface area contributed by atoms with E-state index in [1.54, 1.807) is 11.1 Å². The molecule has 2 N–H and O–H groups in total. The van der Waals surface area contributed by atoms with Crippen molar-refractivity contribution in [3.05, 3.63) is 76.5 Å². The number of aryl methyl sites for hydroxylation is 1. The number of hydrogen-bond acceptors (Lipinski definition) is 2. The topological polar surface area (TPSA) is 29.3 Å². The van der Waals surface area contributed by atoms with Gasteiger partial charge in [-0.3, -0.25) is 4.90 Å². The van der Waals surface area contributed by atoms with Gasteiger partial charge in [0, 0.05) is 12.2 Å². The van der Waals surface area contributed by atoms with Gasteiger partial charge >= 0.3 is 0 Å². The number of nitrogens with zero attached hydrogens (tertiary/aromatic N) is 1. The molecule has 2 aliphatic carbocycles. The minimum atomic E-state index is 0.616. The molecule has 2 nitrogen and oxygen atoms in total. The lowest BCUT2D eigenvalue weighted by molar-refractivity contribution is 0.119. The Hall–Kier alpha value is -2.06. The van der Waals surface area contributed by atoms with Crippen LogP contribution < -0.4 is 5.73 Å². The highest BCUT2D eigenvalue weighted by Gasteiger charge is 2.40. The second kappa shape index (κ2) is 14.0. The van der Waals surface area contributed by atoms with E-state index in [4.69, 9.17) is 5.73 Å². The van der Waals surface area contributed by atoms with E-state index in [-0.39, 0.29) is 0 Å². The molecule has 2 aliphatic rings. The lowest BCUT2D eigenvalue weighted by Crippen LogP contribution is -2.35. The summed E-state index contributed by atoms with van der Waals surface area (Å²) in [5.41, 5.74) is 16.4. The van der Waals surface area contributed by atoms with Crippen LogP contribution in [0.3, 0.4) is 0 Å². The zero-order valence-electron chi connectivity index (χ0n) is 23.8. The molecule has 0 heterocycles. The molecule has 0 bridgehead atoms. The van der Waals surface area contributed by atoms with Gasteiger partial charge in [-0.15, -0.1) is 0 Å². The van der Waals surface area contributed by atoms with E-state index in [1.807, 2.05) is 6.92 Å². The van der Waals surface area contributed by atoms with Crippen molar-refractivity contribution in [1.82, 2.24) is 4.90 Å². The number of benzene rings is 1. The summed E-state index contributed by atoms with van der Waals surface area (Å²) in [5.74, 6) is 0. The van der Waals surface area contributed by atoms with Gasteiger partial charge in [-0.2, -0.15) is 0 Å². The number of hydrogen-bond donors (Lipinski definition) is 1. The average molecular weight is 489 g/mol. The van der Waals surface area contributed by atoms with Gasteiger partial charge in [-0.25, -0.2) is 0 Å². The Labute approximate surface area is 222 Å². The zero-order valence-corrected chi connectivity index (χ0v) is 23.8. The minimum Gasteiger partial charge on any atom is -0.402 e. The maximum atomic E-state index is 5.85. The lowest BCUT2D eigenvalue weighted by Gasteiger charge is -2.47. The van der Waals surface area contributed by atoms with Crippen LogP contribution in [0.15, 0.2) is 65.4 Å². The van der Waals surface area contributed by atoms with E-state index in [0.29, 0.717) is 5.41 Å². The predicted octanol–water partition coefficient (Wildman–Crippen LogP) is 8.99. The first-order valence-electron chi connectivity index (χ1n) is 14.7. The van der Waals surface area contributed by atoms with Crippen LogP contribution >= 0.6 is 0 Å². The maximum Gasteiger partial charge on any atom is 0.0198 e. The van der Waals surface area contributed by atoms with E-state index in [1.165, 1.54) is 80.2 Å². The van der Waals surface area contributed by atoms with E-state index < -0.39 is 0 Å². The molecule has 3 rings (SSSR count). The molecule has 1 aromatic carbocycles. The summed E-state index contributed by atoms with van der Waals surface area (Å²) in [6.07, 6.45) is 19.4. The first-order valence-corrected chi connectivity index (χ1v) is 14.7. The first-order chi connectivity index (χ1) is 17.4. The smallest absolute Gasteiger partial charge is 0.0198 e. The largest absolute Gasteiger partial charge is 0.402 e. The van der Waals surface area contributed by atoms with Crippen LogP contribution in [0.25, 0.3) is 5.57 Å². The summed E-state index contributed by atoms with van der Waals surface area (Å²) in [6.45, 7) is 16.4. The van der Waals surface area contributed by atoms with Gasteiger partial charge in [0.15, 0.2) is 0 Å². The lowest BCUT2D eigenvalue weighted by atomic mass is 9.59. The molecule has 36 heavy (non-hydrogen) atoms. The molecule has 0 radical (unpaired) electrons. The van der Waals surface area contributed by atoms with Gasteiger partial charge in [0.25, 0.3) is 0 Å². The molecule has 1 aromatic rings. The summed E-state index contributed by atoms with van der Waals surface area (Å²) in [6, 6.07) is 9.49. The molecule has 0 aromatic heterocycles. The third-order valence-corrected chi connectivity index (χ3v) is 8.73. The molecule has 2 heteroatoms. The minimum absolute atomic E-state index is 0.616. The van der Waals surface area contributed by atoms with Crippen LogP contribution in [0.5, 0.6) is 0 Å². The molecular weight excluding hydrogens is 436 g/mol. The van der Waals surface area contributed by atoms with Crippen molar-refractivity contribution >= 4 is 5.57 Å². The quantitative estimate of drug-likeness (QED) is 0.161. The Morgan fingerprint density at radius 2 is 1.81 bits per heavy atom. The van der Waals surface area contributed by atoms with Crippen LogP contribution in [0.1, 0.15) is 109 Å². The Balaban J connectivity index is 1.53. The molecule has 1 saturated carbocycles. The highest BCUT2D eigenvalue weighted by atomic mass is 15.1. The Morgan fingerprint density at radius 1 is 1.06 bits per heavy atom. The average Bonchev–Trinajstić information content (AvgIpc) is 2.87. The van der Waals surface area contributed by atoms with E-state index in [9.17, 15) is 0 Å². The molecule has 1 fully saturated rings. The first kappa shape index (κ1) is 28.5. The van der Waals surface area contributed by atoms with Crippen molar-refractivity contribution in [2.45, 2.75) is 105 Å². The highest BCUT2D eigenvalue weighted by molar-refractivity contribution is 5.71. The van der Waals surface area contributed by atoms with Crippen molar-refractivity contribution in [2.24, 2.45) is 11.1 Å². The fraction of sp³-hybridized carbons (Fsp3) is 0.588. The number of allylic oxidation sites excluding steroid dienone is 6. The number of rotatable bonds is 14. The molecule has 0 aliphatic heterocycles. The van der Waals surface area contributed by atoms with Gasteiger partial charge in [0.05, 0.1) is 0 Å². The fourth-order valence-electron chi connectivity index (χ4n) is 6.05. The molecule has 0 amide bonds. The van der Waals surface area contributed by atoms with Crippen molar-refractivity contribution in [3.8, 4) is 0 Å². The number of unbranched alkanes of at least 4 members (excludes halogenated alkanes) is 1. The molecule has 0 atom stereocenters. The van der Waals surface area contributed by atoms with Crippen LogP contribution in [-0.2, 0) is 6.42 Å². The summed E-state index contributed by atoms with van der Waals surface area (Å²) in [5, 5.41) is 0. The normalized spacial score (nSPS) is 18.1. The van der Waals surface area contributed by atoms with Crippen molar-refractivity contribution < 1.29 is 0 Å². The van der Waals surface area contributed by atoms with Gasteiger partial charge in [0.2, 0.25) is 0 Å². The second-order valence-electron chi connectivity index (χ2n) is 11.5. The Kier molecular flexibility index (Phi) is 11.1. The molecule has 1 spiro atoms. The van der Waals surface area contributed by atoms with Crippen molar-refractivity contribution in [2.75, 3.05) is 19.6 Å². The van der Waals surface area contributed by atoms with E-state index in [0.717, 1.165) is 44.5 Å². The summed E-state index contributed by atoms with van der Waals surface area (Å²) in [4.78, 5) is 2.68. The number of nitrogens with two attached hydrogens (primary N) is 1. The Morgan fingerprint density at radius 3 is 2.39 bits per heavy atom. The van der Waals surface area contributed by atoms with E-state index >= 15 is 0 Å². The van der Waals surface area contributed by atoms with Crippen molar-refractivity contribution in [3.63, 3.8) is 0 Å². The third kappa shape index (κ3) is 8.23. The number of likely N-dealkylation sites (N-methyl/N-ethyl adjacent to an activating group) is 1. The molecule has 0 saturated heterocycles. The molecular formula is C34H52N2. The molecule has 198 valence electrons. The van der Waals surface area contributed by atoms with Crippen LogP contribution in [0, 0.1) is 5.41 Å². The van der Waals surface area contributed by atoms with Crippen LogP contribution in [0.4, 0.5) is 0 Å². The summed E-state index contributed by atoms with van der Waals surface area (Å²) < 4.78 is 0. The standard InChI is InChI=1S/C34H52N2/c1-6-29-15-17-31(18-16-29)33-25-34(20-11-21-34)22-19-32(33)26-36(8-3)23-10-9-12-27(4)13-14-30(7-2)24-28(5)35/h7,15-18,24H,4,6,8-14,19-23,25-26,35H2,1-3,5H3/b28-24+,30-7-. The summed E-state index contributed by atoms with van der Waals surface area (Å²) in [7, 11) is 0. The van der Waals surface area contributed by atoms with Crippen LogP contribution in [0.2, 0.25) is 0 Å². The van der Waals surface area contributed by atoms with Gasteiger partial charge in [-0.1, -0.05) is 73.9 Å². The predicted molar refractivity (Wildman–Crippen MR) is 159 cm³/mol. The monoisotopic (exact) mass is 488 g/mol. The van der Waals surface area contributed by atoms with Crippen LogP contribution in [-0.4, -0.2) is 24.5 Å². The third-order valence-electron chi connectivity index (χ3n) is 8.73. The highest BCUT2D eigenvalue weighted by Crippen LogP contribution is 2.55. The fourth-order valence-corrected chi connectivity index (χ4v) is 6.05. The van der Waals surface area contributed by atoms with Gasteiger partial charge in [-0.05, 0) is 126 Å². The van der Waals surface area contributed by atoms with E-state index in [2.05, 4.69) is 68.7 Å². The second-order valence-corrected chi connectivity index (χ2v) is 11.5. The SMILES string of the molecule is C=C(CCCCN(CC)CC1=C(c2ccc(CC)cc2)CC2(CCC2)CC1)CCC(=C/C)/C=C(\C)N. The van der Waals surface area contributed by atoms with Crippen molar-refractivity contribution in [1.29, 1.82) is 0 Å². The zero-order chi connectivity index (χ0) is 26.0. The van der Waals surface area contributed by atoms with Gasteiger partial charge in [0.1, 0.15) is 0 Å². The van der Waals surface area contributed by atoms with Gasteiger partial charge < -0.3 is 5.73 Å².